The van der Waals surface area contributed by atoms with Gasteiger partial charge >= 0.3 is 12.8 Å². The van der Waals surface area contributed by atoms with Gasteiger partial charge in [-0.15, -0.1) is 0 Å². The molecule has 1 rings (SSSR count). The highest BCUT2D eigenvalue weighted by molar-refractivity contribution is 6.74. The molecular formula is C22H36F2O5Si. The molecule has 0 amide bonds. The summed E-state index contributed by atoms with van der Waals surface area (Å²) in [6.07, 6.45) is -0.786. The molecule has 0 aliphatic rings. The van der Waals surface area contributed by atoms with E-state index < -0.39 is 32.8 Å². The molecule has 0 aliphatic carbocycles. The Labute approximate surface area is 180 Å². The smallest absolute Gasteiger partial charge is 0.434 e. The van der Waals surface area contributed by atoms with Crippen LogP contribution < -0.4 is 4.74 Å². The Morgan fingerprint density at radius 1 is 1.10 bits per heavy atom. The molecule has 0 spiro atoms. The van der Waals surface area contributed by atoms with Gasteiger partial charge in [0.05, 0.1) is 6.61 Å². The van der Waals surface area contributed by atoms with Crippen molar-refractivity contribution in [3.8, 4) is 5.75 Å². The third-order valence-electron chi connectivity index (χ3n) is 4.95. The van der Waals surface area contributed by atoms with Crippen LogP contribution in [0.4, 0.5) is 13.6 Å². The number of alkyl halides is 2. The van der Waals surface area contributed by atoms with Crippen molar-refractivity contribution < 1.29 is 32.2 Å². The lowest BCUT2D eigenvalue weighted by Gasteiger charge is -2.36. The number of ether oxygens (including phenoxy) is 3. The van der Waals surface area contributed by atoms with E-state index in [4.69, 9.17) is 13.9 Å². The van der Waals surface area contributed by atoms with Crippen LogP contribution in [0.3, 0.4) is 0 Å². The molecule has 0 saturated carbocycles. The van der Waals surface area contributed by atoms with Crippen molar-refractivity contribution in [1.82, 2.24) is 0 Å². The Balaban J connectivity index is 2.94. The van der Waals surface area contributed by atoms with Gasteiger partial charge in [-0.05, 0) is 63.5 Å². The second-order valence-electron chi connectivity index (χ2n) is 9.97. The monoisotopic (exact) mass is 446 g/mol. The summed E-state index contributed by atoms with van der Waals surface area (Å²) in [5.41, 5.74) is 0.725. The molecule has 0 bridgehead atoms. The van der Waals surface area contributed by atoms with E-state index in [1.54, 1.807) is 39.8 Å². The van der Waals surface area contributed by atoms with E-state index in [1.165, 1.54) is 6.07 Å². The Hall–Kier alpha value is -1.67. The van der Waals surface area contributed by atoms with Gasteiger partial charge < -0.3 is 18.6 Å². The molecule has 0 saturated heterocycles. The van der Waals surface area contributed by atoms with Crippen molar-refractivity contribution in [1.29, 1.82) is 0 Å². The molecule has 0 heterocycles. The van der Waals surface area contributed by atoms with Crippen LogP contribution in [0, 0.1) is 0 Å². The molecule has 30 heavy (non-hydrogen) atoms. The summed E-state index contributed by atoms with van der Waals surface area (Å²) in [5.74, 6) is 0.0909. The molecule has 1 unspecified atom stereocenters. The molecule has 0 N–H and O–H groups in total. The topological polar surface area (TPSA) is 54.0 Å². The summed E-state index contributed by atoms with van der Waals surface area (Å²) in [5, 5.41) is -0.00981. The fourth-order valence-corrected chi connectivity index (χ4v) is 3.32. The largest absolute Gasteiger partial charge is 0.509 e. The quantitative estimate of drug-likeness (QED) is 0.329. The first-order chi connectivity index (χ1) is 13.5. The van der Waals surface area contributed by atoms with Crippen LogP contribution in [0.2, 0.25) is 18.1 Å². The first-order valence-corrected chi connectivity index (χ1v) is 13.0. The molecule has 1 aromatic rings. The van der Waals surface area contributed by atoms with Crippen LogP contribution in [-0.2, 0) is 26.9 Å². The fourth-order valence-electron chi connectivity index (χ4n) is 2.37. The zero-order valence-electron chi connectivity index (χ0n) is 19.6. The van der Waals surface area contributed by atoms with Crippen LogP contribution in [0.15, 0.2) is 18.2 Å². The molecule has 5 nitrogen and oxygen atoms in total. The molecule has 0 aliphatic heterocycles. The summed E-state index contributed by atoms with van der Waals surface area (Å²) in [7, 11) is -2.07. The van der Waals surface area contributed by atoms with Crippen molar-refractivity contribution in [3.63, 3.8) is 0 Å². The van der Waals surface area contributed by atoms with Gasteiger partial charge in [-0.1, -0.05) is 26.8 Å². The molecule has 8 heteroatoms. The van der Waals surface area contributed by atoms with Gasteiger partial charge in [-0.2, -0.15) is 8.78 Å². The number of halogens is 2. The third-order valence-corrected chi connectivity index (χ3v) is 9.42. The van der Waals surface area contributed by atoms with Gasteiger partial charge in [-0.3, -0.25) is 0 Å². The average Bonchev–Trinajstić information content (AvgIpc) is 2.51. The van der Waals surface area contributed by atoms with Gasteiger partial charge in [0.15, 0.2) is 8.32 Å². The van der Waals surface area contributed by atoms with Gasteiger partial charge in [-0.25, -0.2) is 4.79 Å². The van der Waals surface area contributed by atoms with Crippen molar-refractivity contribution in [2.75, 3.05) is 0 Å². The lowest BCUT2D eigenvalue weighted by atomic mass is 10.0. The van der Waals surface area contributed by atoms with E-state index in [9.17, 15) is 13.6 Å². The first kappa shape index (κ1) is 26.4. The minimum atomic E-state index is -2.92. The summed E-state index contributed by atoms with van der Waals surface area (Å²) >= 11 is 0. The number of hydrogen-bond donors (Lipinski definition) is 0. The van der Waals surface area contributed by atoms with Gasteiger partial charge in [0.2, 0.25) is 0 Å². The SMILES string of the molecule is CC(Cc1ccc(OC(F)F)c(CO[Si](C)(C)C(C)(C)C)c1)OC(=O)OC(C)(C)C. The number of carbonyl (C=O) groups is 1. The van der Waals surface area contributed by atoms with Crippen LogP contribution in [-0.4, -0.2) is 32.8 Å². The average molecular weight is 447 g/mol. The lowest BCUT2D eigenvalue weighted by molar-refractivity contribution is -0.0509. The Morgan fingerprint density at radius 2 is 1.70 bits per heavy atom. The van der Waals surface area contributed by atoms with Gasteiger partial charge in [0, 0.05) is 12.0 Å². The predicted molar refractivity (Wildman–Crippen MR) is 116 cm³/mol. The van der Waals surface area contributed by atoms with E-state index in [1.807, 2.05) is 0 Å². The summed E-state index contributed by atoms with van der Waals surface area (Å²) in [6, 6.07) is 4.95. The highest BCUT2D eigenvalue weighted by Crippen LogP contribution is 2.37. The highest BCUT2D eigenvalue weighted by atomic mass is 28.4. The Morgan fingerprint density at radius 3 is 2.20 bits per heavy atom. The summed E-state index contributed by atoms with van der Waals surface area (Å²) < 4.78 is 47.0. The summed E-state index contributed by atoms with van der Waals surface area (Å²) in [4.78, 5) is 11.8. The van der Waals surface area contributed by atoms with Crippen LogP contribution >= 0.6 is 0 Å². The van der Waals surface area contributed by atoms with E-state index in [0.717, 1.165) is 5.56 Å². The Kier molecular flexibility index (Phi) is 8.87. The molecule has 1 aromatic carbocycles. The second-order valence-corrected chi connectivity index (χ2v) is 14.8. The number of hydrogen-bond acceptors (Lipinski definition) is 5. The summed E-state index contributed by atoms with van der Waals surface area (Å²) in [6.45, 7) is 14.8. The molecule has 0 fully saturated rings. The minimum absolute atomic E-state index is 0.00981. The maximum Gasteiger partial charge on any atom is 0.509 e. The van der Waals surface area contributed by atoms with Crippen molar-refractivity contribution in [3.05, 3.63) is 29.3 Å². The van der Waals surface area contributed by atoms with Gasteiger partial charge in [0.25, 0.3) is 0 Å². The van der Waals surface area contributed by atoms with Crippen molar-refractivity contribution in [2.45, 2.75) is 97.9 Å². The van der Waals surface area contributed by atoms with Crippen LogP contribution in [0.25, 0.3) is 0 Å². The standard InChI is InChI=1S/C22H36F2O5Si/c1-15(27-20(25)29-21(2,3)4)12-16-10-11-18(28-19(23)24)17(13-16)14-26-30(8,9)22(5,6)7/h10-11,13,15,19H,12,14H2,1-9H3. The lowest BCUT2D eigenvalue weighted by Crippen LogP contribution is -2.40. The van der Waals surface area contributed by atoms with Crippen molar-refractivity contribution in [2.24, 2.45) is 0 Å². The fraction of sp³-hybridized carbons (Fsp3) is 0.682. The van der Waals surface area contributed by atoms with Crippen LogP contribution in [0.5, 0.6) is 5.75 Å². The first-order valence-electron chi connectivity index (χ1n) is 10.1. The number of benzene rings is 1. The van der Waals surface area contributed by atoms with Gasteiger partial charge in [0.1, 0.15) is 17.5 Å². The molecule has 0 aromatic heterocycles. The number of carbonyl (C=O) groups excluding carboxylic acids is 1. The third kappa shape index (κ3) is 9.00. The maximum atomic E-state index is 12.8. The van der Waals surface area contributed by atoms with Crippen molar-refractivity contribution >= 4 is 14.5 Å². The second kappa shape index (κ2) is 10.1. The highest BCUT2D eigenvalue weighted by Gasteiger charge is 2.37. The maximum absolute atomic E-state index is 12.8. The predicted octanol–water partition coefficient (Wildman–Crippen LogP) is 6.69. The van der Waals surface area contributed by atoms with E-state index in [-0.39, 0.29) is 17.4 Å². The zero-order chi connectivity index (χ0) is 23.3. The molecule has 0 radical (unpaired) electrons. The van der Waals surface area contributed by atoms with E-state index >= 15 is 0 Å². The molecule has 1 atom stereocenters. The Bertz CT molecular complexity index is 708. The van der Waals surface area contributed by atoms with E-state index in [0.29, 0.717) is 12.0 Å². The number of rotatable bonds is 8. The van der Waals surface area contributed by atoms with E-state index in [2.05, 4.69) is 38.6 Å². The van der Waals surface area contributed by atoms with Crippen LogP contribution in [0.1, 0.15) is 59.6 Å². The normalized spacial score (nSPS) is 13.9. The molecule has 172 valence electrons. The zero-order valence-corrected chi connectivity index (χ0v) is 20.6. The molecular weight excluding hydrogens is 410 g/mol. The minimum Gasteiger partial charge on any atom is -0.434 e.